The topological polar surface area (TPSA) is 86.0 Å². The molecule has 1 heterocycles. The van der Waals surface area contributed by atoms with Gasteiger partial charge in [0.05, 0.1) is 18.2 Å². The number of aliphatic hydroxyl groups excluding tert-OH is 1. The number of aromatic nitrogens is 1. The number of carbonyl (C=O) groups is 1. The number of nitrogens with one attached hydrogen (secondary N) is 1. The minimum atomic E-state index is -0.377. The summed E-state index contributed by atoms with van der Waals surface area (Å²) in [5.41, 5.74) is 1.65. The molecule has 5 heteroatoms. The van der Waals surface area contributed by atoms with Crippen LogP contribution in [0.4, 0.5) is 0 Å². The van der Waals surface area contributed by atoms with Gasteiger partial charge < -0.3 is 10.4 Å². The monoisotopic (exact) mass is 281 g/mol. The van der Waals surface area contributed by atoms with E-state index in [1.165, 1.54) is 18.3 Å². The number of pyridine rings is 1. The summed E-state index contributed by atoms with van der Waals surface area (Å²) in [4.78, 5) is 16.0. The van der Waals surface area contributed by atoms with E-state index in [9.17, 15) is 9.90 Å². The minimum Gasteiger partial charge on any atom is -0.394 e. The van der Waals surface area contributed by atoms with E-state index in [0.717, 1.165) is 5.56 Å². The average molecular weight is 281 g/mol. The molecule has 2 N–H and O–H groups in total. The van der Waals surface area contributed by atoms with E-state index in [4.69, 9.17) is 5.26 Å². The van der Waals surface area contributed by atoms with E-state index in [-0.39, 0.29) is 24.2 Å². The van der Waals surface area contributed by atoms with Crippen LogP contribution in [0, 0.1) is 11.3 Å². The number of amides is 1. The molecular weight excluding hydrogens is 266 g/mol. The molecular formula is C16H15N3O2. The molecule has 0 radical (unpaired) electrons. The van der Waals surface area contributed by atoms with Crippen LogP contribution in [0.15, 0.2) is 48.7 Å². The Labute approximate surface area is 122 Å². The highest BCUT2D eigenvalue weighted by Crippen LogP contribution is 2.04. The molecule has 5 nitrogen and oxygen atoms in total. The van der Waals surface area contributed by atoms with Gasteiger partial charge in [0.2, 0.25) is 0 Å². The Morgan fingerprint density at radius 3 is 2.62 bits per heavy atom. The maximum absolute atomic E-state index is 12.0. The van der Waals surface area contributed by atoms with Gasteiger partial charge >= 0.3 is 0 Å². The SMILES string of the molecule is N#Cc1ccc(C(=O)N[C@@H](CO)Cc2ccccc2)nc1. The third kappa shape index (κ3) is 4.13. The Hall–Kier alpha value is -2.71. The van der Waals surface area contributed by atoms with Crippen LogP contribution in [0.3, 0.4) is 0 Å². The maximum Gasteiger partial charge on any atom is 0.270 e. The zero-order valence-corrected chi connectivity index (χ0v) is 11.4. The number of nitriles is 1. The molecule has 0 aliphatic heterocycles. The van der Waals surface area contributed by atoms with Gasteiger partial charge in [-0.25, -0.2) is 4.98 Å². The van der Waals surface area contributed by atoms with Crippen LogP contribution in [-0.4, -0.2) is 28.6 Å². The number of benzene rings is 1. The van der Waals surface area contributed by atoms with Crippen molar-refractivity contribution in [2.24, 2.45) is 0 Å². The highest BCUT2D eigenvalue weighted by molar-refractivity contribution is 5.92. The smallest absolute Gasteiger partial charge is 0.270 e. The summed E-state index contributed by atoms with van der Waals surface area (Å²) in [5.74, 6) is -0.366. The minimum absolute atomic E-state index is 0.156. The predicted molar refractivity (Wildman–Crippen MR) is 77.4 cm³/mol. The van der Waals surface area contributed by atoms with Crippen molar-refractivity contribution in [1.82, 2.24) is 10.3 Å². The lowest BCUT2D eigenvalue weighted by molar-refractivity contribution is 0.0911. The zero-order valence-electron chi connectivity index (χ0n) is 11.4. The van der Waals surface area contributed by atoms with Crippen molar-refractivity contribution in [2.45, 2.75) is 12.5 Å². The van der Waals surface area contributed by atoms with Crippen molar-refractivity contribution >= 4 is 5.91 Å². The lowest BCUT2D eigenvalue weighted by Gasteiger charge is -2.16. The first-order valence-electron chi connectivity index (χ1n) is 6.54. The number of carbonyl (C=O) groups excluding carboxylic acids is 1. The fourth-order valence-corrected chi connectivity index (χ4v) is 1.91. The first-order valence-corrected chi connectivity index (χ1v) is 6.54. The Morgan fingerprint density at radius 2 is 2.05 bits per heavy atom. The van der Waals surface area contributed by atoms with Crippen LogP contribution in [0.1, 0.15) is 21.6 Å². The van der Waals surface area contributed by atoms with Gasteiger partial charge in [-0.15, -0.1) is 0 Å². The molecule has 1 atom stereocenters. The van der Waals surface area contributed by atoms with Crippen LogP contribution in [0.2, 0.25) is 0 Å². The number of hydrogen-bond donors (Lipinski definition) is 2. The summed E-state index contributed by atoms with van der Waals surface area (Å²) < 4.78 is 0. The van der Waals surface area contributed by atoms with Gasteiger partial charge in [-0.3, -0.25) is 4.79 Å². The summed E-state index contributed by atoms with van der Waals surface area (Å²) in [6.07, 6.45) is 1.89. The van der Waals surface area contributed by atoms with Gasteiger partial charge in [-0.1, -0.05) is 30.3 Å². The second-order valence-electron chi connectivity index (χ2n) is 4.59. The third-order valence-electron chi connectivity index (χ3n) is 3.01. The van der Waals surface area contributed by atoms with Gasteiger partial charge in [0.25, 0.3) is 5.91 Å². The van der Waals surface area contributed by atoms with Gasteiger partial charge in [0.15, 0.2) is 0 Å². The largest absolute Gasteiger partial charge is 0.394 e. The standard InChI is InChI=1S/C16H15N3O2/c17-9-13-6-7-15(18-10-13)16(21)19-14(11-20)8-12-4-2-1-3-5-12/h1-7,10,14,20H,8,11H2,(H,19,21)/t14-/m1/s1. The molecule has 0 spiro atoms. The molecule has 1 aromatic heterocycles. The third-order valence-corrected chi connectivity index (χ3v) is 3.01. The van der Waals surface area contributed by atoms with Gasteiger partial charge in [-0.2, -0.15) is 5.26 Å². The van der Waals surface area contributed by atoms with Crippen molar-refractivity contribution in [3.05, 3.63) is 65.5 Å². The Morgan fingerprint density at radius 1 is 1.29 bits per heavy atom. The van der Waals surface area contributed by atoms with E-state index in [2.05, 4.69) is 10.3 Å². The first-order chi connectivity index (χ1) is 10.2. The molecule has 0 bridgehead atoms. The van der Waals surface area contributed by atoms with Gasteiger partial charge in [0.1, 0.15) is 11.8 Å². The highest BCUT2D eigenvalue weighted by Gasteiger charge is 2.14. The van der Waals surface area contributed by atoms with Crippen LogP contribution in [0.25, 0.3) is 0 Å². The molecule has 106 valence electrons. The first kappa shape index (κ1) is 14.7. The van der Waals surface area contributed by atoms with Crippen molar-refractivity contribution in [3.8, 4) is 6.07 Å². The van der Waals surface area contributed by atoms with Crippen molar-refractivity contribution in [3.63, 3.8) is 0 Å². The second kappa shape index (κ2) is 7.17. The zero-order chi connectivity index (χ0) is 15.1. The normalized spacial score (nSPS) is 11.4. The van der Waals surface area contributed by atoms with E-state index < -0.39 is 0 Å². The van der Waals surface area contributed by atoms with E-state index in [0.29, 0.717) is 12.0 Å². The molecule has 2 aromatic rings. The molecule has 0 fully saturated rings. The summed E-state index contributed by atoms with van der Waals surface area (Å²) in [5, 5.41) is 20.8. The lowest BCUT2D eigenvalue weighted by Crippen LogP contribution is -2.39. The number of hydrogen-bond acceptors (Lipinski definition) is 4. The molecule has 0 saturated carbocycles. The summed E-state index contributed by atoms with van der Waals surface area (Å²) in [6.45, 7) is -0.156. The predicted octanol–water partition coefficient (Wildman–Crippen LogP) is 1.29. The summed E-state index contributed by atoms with van der Waals surface area (Å²) in [7, 11) is 0. The van der Waals surface area contributed by atoms with E-state index in [1.807, 2.05) is 36.4 Å². The average Bonchev–Trinajstić information content (AvgIpc) is 2.55. The molecule has 0 aliphatic rings. The Bertz CT molecular complexity index is 633. The molecule has 1 amide bonds. The van der Waals surface area contributed by atoms with Crippen LogP contribution < -0.4 is 5.32 Å². The van der Waals surface area contributed by atoms with Gasteiger partial charge in [-0.05, 0) is 24.1 Å². The second-order valence-corrected chi connectivity index (χ2v) is 4.59. The lowest BCUT2D eigenvalue weighted by atomic mass is 10.1. The molecule has 1 aromatic carbocycles. The molecule has 0 unspecified atom stereocenters. The Balaban J connectivity index is 2.00. The molecule has 0 saturated heterocycles. The van der Waals surface area contributed by atoms with Crippen LogP contribution in [-0.2, 0) is 6.42 Å². The quantitative estimate of drug-likeness (QED) is 0.864. The molecule has 0 aliphatic carbocycles. The molecule has 2 rings (SSSR count). The Kier molecular flexibility index (Phi) is 5.02. The fraction of sp³-hybridized carbons (Fsp3) is 0.188. The van der Waals surface area contributed by atoms with Crippen molar-refractivity contribution < 1.29 is 9.90 Å². The summed E-state index contributed by atoms with van der Waals surface area (Å²) >= 11 is 0. The van der Waals surface area contributed by atoms with Crippen LogP contribution in [0.5, 0.6) is 0 Å². The van der Waals surface area contributed by atoms with Crippen molar-refractivity contribution in [2.75, 3.05) is 6.61 Å². The highest BCUT2D eigenvalue weighted by atomic mass is 16.3. The fourth-order valence-electron chi connectivity index (χ4n) is 1.91. The van der Waals surface area contributed by atoms with E-state index in [1.54, 1.807) is 0 Å². The number of nitrogens with zero attached hydrogens (tertiary/aromatic N) is 2. The van der Waals surface area contributed by atoms with Crippen molar-refractivity contribution in [1.29, 1.82) is 5.26 Å². The number of aliphatic hydroxyl groups is 1. The molecule has 21 heavy (non-hydrogen) atoms. The van der Waals surface area contributed by atoms with Gasteiger partial charge in [0, 0.05) is 6.20 Å². The van der Waals surface area contributed by atoms with Crippen LogP contribution >= 0.6 is 0 Å². The van der Waals surface area contributed by atoms with E-state index >= 15 is 0 Å². The summed E-state index contributed by atoms with van der Waals surface area (Å²) in [6, 6.07) is 14.2. The maximum atomic E-state index is 12.0. The number of rotatable bonds is 5.